The smallest absolute Gasteiger partial charge is 0.0578 e. The molecule has 0 amide bonds. The van der Waals surface area contributed by atoms with Crippen LogP contribution in [0.25, 0.3) is 0 Å². The Labute approximate surface area is 178 Å². The summed E-state index contributed by atoms with van der Waals surface area (Å²) in [6.45, 7) is 10.1. The lowest BCUT2D eigenvalue weighted by atomic mass is 9.53. The van der Waals surface area contributed by atoms with Crippen LogP contribution in [0.3, 0.4) is 0 Å². The van der Waals surface area contributed by atoms with Crippen molar-refractivity contribution in [1.82, 2.24) is 0 Å². The summed E-state index contributed by atoms with van der Waals surface area (Å²) in [5.74, 6) is 2.90. The number of rotatable bonds is 6. The zero-order chi connectivity index (χ0) is 20.8. The predicted molar refractivity (Wildman–Crippen MR) is 121 cm³/mol. The highest BCUT2D eigenvalue weighted by Gasteiger charge is 2.54. The van der Waals surface area contributed by atoms with Crippen LogP contribution in [-0.4, -0.2) is 22.9 Å². The van der Waals surface area contributed by atoms with E-state index < -0.39 is 0 Å². The third-order valence-corrected chi connectivity index (χ3v) is 9.86. The summed E-state index contributed by atoms with van der Waals surface area (Å²) < 4.78 is 0. The maximum absolute atomic E-state index is 10.2. The topological polar surface area (TPSA) is 40.5 Å². The number of aliphatic hydroxyl groups excluding tert-OH is 2. The summed E-state index contributed by atoms with van der Waals surface area (Å²) in [6.07, 6.45) is 15.8. The Bertz CT molecular complexity index is 676. The first-order chi connectivity index (χ1) is 13.8. The second-order valence-corrected chi connectivity index (χ2v) is 11.6. The van der Waals surface area contributed by atoms with Crippen LogP contribution in [0.1, 0.15) is 98.3 Å². The summed E-state index contributed by atoms with van der Waals surface area (Å²) in [4.78, 5) is 0. The quantitative estimate of drug-likeness (QED) is 0.505. The van der Waals surface area contributed by atoms with Gasteiger partial charge in [0.15, 0.2) is 0 Å². The summed E-state index contributed by atoms with van der Waals surface area (Å²) in [5.41, 5.74) is 5.87. The lowest BCUT2D eigenvalue weighted by Crippen LogP contribution is -2.41. The highest BCUT2D eigenvalue weighted by molar-refractivity contribution is 5.43. The Balaban J connectivity index is 1.49. The van der Waals surface area contributed by atoms with Crippen molar-refractivity contribution < 1.29 is 10.2 Å². The molecule has 29 heavy (non-hydrogen) atoms. The van der Waals surface area contributed by atoms with Gasteiger partial charge in [-0.05, 0) is 86.9 Å². The molecule has 2 nitrogen and oxygen atoms in total. The molecule has 0 aromatic carbocycles. The average molecular weight is 401 g/mol. The van der Waals surface area contributed by atoms with Crippen molar-refractivity contribution >= 4 is 0 Å². The molecule has 2 heteroatoms. The highest BCUT2D eigenvalue weighted by atomic mass is 16.3. The van der Waals surface area contributed by atoms with Crippen LogP contribution < -0.4 is 0 Å². The van der Waals surface area contributed by atoms with Crippen molar-refractivity contribution in [3.8, 4) is 0 Å². The number of hydrogen-bond acceptors (Lipinski definition) is 2. The molecule has 4 rings (SSSR count). The third kappa shape index (κ3) is 3.67. The van der Waals surface area contributed by atoms with E-state index in [0.29, 0.717) is 17.9 Å². The Morgan fingerprint density at radius 1 is 1.10 bits per heavy atom. The van der Waals surface area contributed by atoms with E-state index in [1.165, 1.54) is 44.9 Å². The van der Waals surface area contributed by atoms with Gasteiger partial charge in [-0.15, -0.1) is 0 Å². The van der Waals surface area contributed by atoms with Crippen molar-refractivity contribution in [2.24, 2.45) is 34.5 Å². The maximum atomic E-state index is 10.2. The molecule has 4 aliphatic carbocycles. The van der Waals surface area contributed by atoms with E-state index in [2.05, 4.69) is 33.8 Å². The Morgan fingerprint density at radius 2 is 1.90 bits per heavy atom. The minimum Gasteiger partial charge on any atom is -0.396 e. The fraction of sp³-hybridized carbons (Fsp3) is 0.852. The lowest BCUT2D eigenvalue weighted by Gasteiger charge is -2.52. The van der Waals surface area contributed by atoms with E-state index in [4.69, 9.17) is 0 Å². The number of fused-ring (bicyclic) bond motifs is 4. The molecule has 0 bridgehead atoms. The standard InChI is InChI=1S/C27H44O2/c1-18(17-28)6-5-7-19(2)23-10-11-24-22-9-8-20-16-21(29)12-14-26(20,3)25(22)13-15-27(23,24)4/h8,18-19,21,23-24,28-29H,5-7,9-17H2,1-4H3/t18?,19?,21-,23?,24?,26?,27?/m0/s1. The van der Waals surface area contributed by atoms with Gasteiger partial charge in [0.05, 0.1) is 6.10 Å². The molecule has 2 fully saturated rings. The zero-order valence-electron chi connectivity index (χ0n) is 19.3. The van der Waals surface area contributed by atoms with Gasteiger partial charge in [-0.1, -0.05) is 63.3 Å². The van der Waals surface area contributed by atoms with E-state index in [0.717, 1.165) is 43.4 Å². The van der Waals surface area contributed by atoms with Gasteiger partial charge in [0.1, 0.15) is 0 Å². The molecule has 0 aromatic heterocycles. The van der Waals surface area contributed by atoms with Gasteiger partial charge in [-0.3, -0.25) is 0 Å². The average Bonchev–Trinajstić information content (AvgIpc) is 3.05. The molecule has 2 N–H and O–H groups in total. The van der Waals surface area contributed by atoms with Crippen LogP contribution in [0.15, 0.2) is 22.8 Å². The van der Waals surface area contributed by atoms with Gasteiger partial charge in [0.2, 0.25) is 0 Å². The van der Waals surface area contributed by atoms with Crippen molar-refractivity contribution in [2.75, 3.05) is 6.61 Å². The minimum atomic E-state index is -0.115. The normalized spacial score (nSPS) is 41.3. The van der Waals surface area contributed by atoms with Crippen LogP contribution in [0, 0.1) is 34.5 Å². The molecule has 0 saturated heterocycles. The first kappa shape index (κ1) is 21.6. The van der Waals surface area contributed by atoms with Gasteiger partial charge < -0.3 is 10.2 Å². The highest BCUT2D eigenvalue weighted by Crippen LogP contribution is 2.64. The molecule has 164 valence electrons. The molecule has 0 aromatic rings. The van der Waals surface area contributed by atoms with Crippen LogP contribution in [0.4, 0.5) is 0 Å². The summed E-state index contributed by atoms with van der Waals surface area (Å²) >= 11 is 0. The minimum absolute atomic E-state index is 0.115. The van der Waals surface area contributed by atoms with E-state index in [-0.39, 0.29) is 11.5 Å². The molecule has 0 heterocycles. The van der Waals surface area contributed by atoms with Crippen molar-refractivity contribution in [3.05, 3.63) is 22.8 Å². The lowest BCUT2D eigenvalue weighted by molar-refractivity contribution is 0.0859. The molecule has 4 aliphatic rings. The van der Waals surface area contributed by atoms with Gasteiger partial charge >= 0.3 is 0 Å². The number of aliphatic hydroxyl groups is 2. The Morgan fingerprint density at radius 3 is 2.66 bits per heavy atom. The molecular formula is C27H44O2. The predicted octanol–water partition coefficient (Wildman–Crippen LogP) is 6.43. The SMILES string of the molecule is CC(CO)CCCC(C)C1CCC2C3=C(CCC21C)C1(C)CC[C@H](O)CC1=CC3. The summed E-state index contributed by atoms with van der Waals surface area (Å²) in [6, 6.07) is 0. The van der Waals surface area contributed by atoms with Crippen molar-refractivity contribution in [3.63, 3.8) is 0 Å². The second kappa shape index (κ2) is 8.15. The molecule has 0 radical (unpaired) electrons. The van der Waals surface area contributed by atoms with Gasteiger partial charge in [0, 0.05) is 12.0 Å². The molecule has 0 spiro atoms. The number of hydrogen-bond donors (Lipinski definition) is 2. The van der Waals surface area contributed by atoms with Gasteiger partial charge in [-0.25, -0.2) is 0 Å². The molecule has 7 atom stereocenters. The zero-order valence-corrected chi connectivity index (χ0v) is 19.3. The Kier molecular flexibility index (Phi) is 6.08. The molecule has 2 saturated carbocycles. The van der Waals surface area contributed by atoms with Crippen LogP contribution in [0.2, 0.25) is 0 Å². The van der Waals surface area contributed by atoms with Crippen molar-refractivity contribution in [2.45, 2.75) is 104 Å². The molecule has 0 aliphatic heterocycles. The van der Waals surface area contributed by atoms with Crippen LogP contribution in [-0.2, 0) is 0 Å². The molecular weight excluding hydrogens is 356 g/mol. The first-order valence-electron chi connectivity index (χ1n) is 12.5. The van der Waals surface area contributed by atoms with Gasteiger partial charge in [-0.2, -0.15) is 0 Å². The van der Waals surface area contributed by atoms with Gasteiger partial charge in [0.25, 0.3) is 0 Å². The van der Waals surface area contributed by atoms with E-state index in [1.807, 2.05) is 5.57 Å². The van der Waals surface area contributed by atoms with E-state index >= 15 is 0 Å². The molecule has 6 unspecified atom stereocenters. The fourth-order valence-corrected chi connectivity index (χ4v) is 7.96. The summed E-state index contributed by atoms with van der Waals surface area (Å²) in [5, 5.41) is 19.5. The van der Waals surface area contributed by atoms with Crippen LogP contribution in [0.5, 0.6) is 0 Å². The monoisotopic (exact) mass is 400 g/mol. The first-order valence-corrected chi connectivity index (χ1v) is 12.5. The summed E-state index contributed by atoms with van der Waals surface area (Å²) in [7, 11) is 0. The maximum Gasteiger partial charge on any atom is 0.0578 e. The third-order valence-electron chi connectivity index (χ3n) is 9.86. The van der Waals surface area contributed by atoms with Crippen LogP contribution >= 0.6 is 0 Å². The van der Waals surface area contributed by atoms with Crippen molar-refractivity contribution in [1.29, 1.82) is 0 Å². The van der Waals surface area contributed by atoms with E-state index in [9.17, 15) is 10.2 Å². The fourth-order valence-electron chi connectivity index (χ4n) is 7.96. The largest absolute Gasteiger partial charge is 0.396 e. The Hall–Kier alpha value is -0.600. The second-order valence-electron chi connectivity index (χ2n) is 11.6. The number of allylic oxidation sites excluding steroid dienone is 3. The van der Waals surface area contributed by atoms with E-state index in [1.54, 1.807) is 11.1 Å².